The molecule has 0 radical (unpaired) electrons. The highest BCUT2D eigenvalue weighted by Crippen LogP contribution is 2.13. The molecule has 3 rings (SSSR count). The average molecular weight is 334 g/mol. The molecule has 0 bridgehead atoms. The Hall–Kier alpha value is -1.36. The number of rotatable bonds is 6. The van der Waals surface area contributed by atoms with Gasteiger partial charge in [0.15, 0.2) is 0 Å². The van der Waals surface area contributed by atoms with E-state index in [-0.39, 0.29) is 6.10 Å². The number of morpholine rings is 1. The summed E-state index contributed by atoms with van der Waals surface area (Å²) in [6.45, 7) is 6.83. The number of benzene rings is 1. The fraction of sp³-hybridized carbons (Fsp3) is 0.500. The molecule has 1 aromatic heterocycles. The first kappa shape index (κ1) is 16.5. The van der Waals surface area contributed by atoms with Gasteiger partial charge in [-0.25, -0.2) is 0 Å². The van der Waals surface area contributed by atoms with E-state index >= 15 is 0 Å². The molecule has 1 aliphatic heterocycles. The van der Waals surface area contributed by atoms with E-state index in [4.69, 9.17) is 16.3 Å². The molecule has 2 aromatic rings. The summed E-state index contributed by atoms with van der Waals surface area (Å²) in [6.07, 6.45) is 6.46. The molecule has 0 amide bonds. The lowest BCUT2D eigenvalue weighted by atomic mass is 10.1. The Bertz CT molecular complexity index is 611. The van der Waals surface area contributed by atoms with Crippen LogP contribution in [0.15, 0.2) is 36.7 Å². The minimum atomic E-state index is 0.235. The Morgan fingerprint density at radius 3 is 2.87 bits per heavy atom. The van der Waals surface area contributed by atoms with Crippen molar-refractivity contribution in [1.29, 1.82) is 0 Å². The van der Waals surface area contributed by atoms with Gasteiger partial charge in [-0.15, -0.1) is 0 Å². The van der Waals surface area contributed by atoms with Gasteiger partial charge in [0, 0.05) is 24.3 Å². The average Bonchev–Trinajstić information content (AvgIpc) is 2.95. The summed E-state index contributed by atoms with van der Waals surface area (Å²) in [5.41, 5.74) is 2.55. The lowest BCUT2D eigenvalue weighted by Gasteiger charge is -2.32. The lowest BCUT2D eigenvalue weighted by Crippen LogP contribution is -2.44. The predicted octanol–water partition coefficient (Wildman–Crippen LogP) is 3.18. The van der Waals surface area contributed by atoms with Gasteiger partial charge in [-0.1, -0.05) is 23.7 Å². The summed E-state index contributed by atoms with van der Waals surface area (Å²) in [5, 5.41) is 5.16. The highest BCUT2D eigenvalue weighted by Gasteiger charge is 2.20. The highest BCUT2D eigenvalue weighted by atomic mass is 35.5. The molecular formula is C18H24ClN3O. The summed E-state index contributed by atoms with van der Waals surface area (Å²) in [4.78, 5) is 2.50. The summed E-state index contributed by atoms with van der Waals surface area (Å²) >= 11 is 5.92. The standard InChI is InChI=1S/C18H24ClN3O/c1-15-11-20-22(12-15)14-18-13-21(9-10-23-18)8-2-3-16-4-6-17(19)7-5-16/h4-7,11-12,18H,2-3,8-10,13-14H2,1H3. The molecule has 0 N–H and O–H groups in total. The summed E-state index contributed by atoms with van der Waals surface area (Å²) in [7, 11) is 0. The second-order valence-corrected chi connectivity index (χ2v) is 6.70. The van der Waals surface area contributed by atoms with Crippen molar-refractivity contribution in [3.8, 4) is 0 Å². The summed E-state index contributed by atoms with van der Waals surface area (Å²) in [5.74, 6) is 0. The van der Waals surface area contributed by atoms with Crippen LogP contribution in [0.3, 0.4) is 0 Å². The fourth-order valence-electron chi connectivity index (χ4n) is 3.03. The van der Waals surface area contributed by atoms with Gasteiger partial charge in [0.05, 0.1) is 25.5 Å². The number of ether oxygens (including phenoxy) is 1. The van der Waals surface area contributed by atoms with Crippen LogP contribution in [0.4, 0.5) is 0 Å². The fourth-order valence-corrected chi connectivity index (χ4v) is 3.15. The molecule has 1 unspecified atom stereocenters. The molecule has 124 valence electrons. The van der Waals surface area contributed by atoms with E-state index in [0.717, 1.165) is 50.7 Å². The van der Waals surface area contributed by atoms with E-state index in [0.29, 0.717) is 0 Å². The van der Waals surface area contributed by atoms with Gasteiger partial charge in [-0.2, -0.15) is 5.10 Å². The Morgan fingerprint density at radius 2 is 2.13 bits per heavy atom. The van der Waals surface area contributed by atoms with E-state index in [9.17, 15) is 0 Å². The maximum absolute atomic E-state index is 5.92. The van der Waals surface area contributed by atoms with E-state index in [2.05, 4.69) is 35.3 Å². The van der Waals surface area contributed by atoms with Crippen molar-refractivity contribution in [3.05, 3.63) is 52.8 Å². The van der Waals surface area contributed by atoms with E-state index in [1.807, 2.05) is 23.0 Å². The van der Waals surface area contributed by atoms with Crippen LogP contribution in [0, 0.1) is 6.92 Å². The summed E-state index contributed by atoms with van der Waals surface area (Å²) < 4.78 is 7.87. The SMILES string of the molecule is Cc1cnn(CC2CN(CCCc3ccc(Cl)cc3)CCO2)c1. The van der Waals surface area contributed by atoms with Crippen LogP contribution < -0.4 is 0 Å². The number of aromatic nitrogens is 2. The minimum absolute atomic E-state index is 0.235. The smallest absolute Gasteiger partial charge is 0.0898 e. The van der Waals surface area contributed by atoms with Gasteiger partial charge in [-0.05, 0) is 49.6 Å². The lowest BCUT2D eigenvalue weighted by molar-refractivity contribution is -0.0376. The molecule has 1 aromatic carbocycles. The number of nitrogens with zero attached hydrogens (tertiary/aromatic N) is 3. The highest BCUT2D eigenvalue weighted by molar-refractivity contribution is 6.30. The first-order chi connectivity index (χ1) is 11.2. The summed E-state index contributed by atoms with van der Waals surface area (Å²) in [6, 6.07) is 8.16. The van der Waals surface area contributed by atoms with Crippen molar-refractivity contribution in [3.63, 3.8) is 0 Å². The van der Waals surface area contributed by atoms with Crippen LogP contribution >= 0.6 is 11.6 Å². The number of halogens is 1. The monoisotopic (exact) mass is 333 g/mol. The van der Waals surface area contributed by atoms with Crippen LogP contribution in [0.1, 0.15) is 17.5 Å². The molecule has 4 nitrogen and oxygen atoms in total. The van der Waals surface area contributed by atoms with Crippen molar-refractivity contribution in [2.75, 3.05) is 26.2 Å². The molecule has 0 aliphatic carbocycles. The van der Waals surface area contributed by atoms with Gasteiger partial charge in [0.25, 0.3) is 0 Å². The Balaban J connectivity index is 1.42. The zero-order valence-electron chi connectivity index (χ0n) is 13.6. The van der Waals surface area contributed by atoms with Crippen LogP contribution in [0.2, 0.25) is 5.02 Å². The van der Waals surface area contributed by atoms with Crippen molar-refractivity contribution in [1.82, 2.24) is 14.7 Å². The molecule has 1 saturated heterocycles. The first-order valence-electron chi connectivity index (χ1n) is 8.26. The van der Waals surface area contributed by atoms with Crippen LogP contribution in [-0.2, 0) is 17.7 Å². The maximum atomic E-state index is 5.92. The van der Waals surface area contributed by atoms with Crippen molar-refractivity contribution in [2.45, 2.75) is 32.4 Å². The van der Waals surface area contributed by atoms with Gasteiger partial charge >= 0.3 is 0 Å². The van der Waals surface area contributed by atoms with Crippen molar-refractivity contribution < 1.29 is 4.74 Å². The second kappa shape index (κ2) is 7.95. The van der Waals surface area contributed by atoms with Gasteiger partial charge in [0.2, 0.25) is 0 Å². The Labute approximate surface area is 143 Å². The topological polar surface area (TPSA) is 30.3 Å². The van der Waals surface area contributed by atoms with E-state index in [1.165, 1.54) is 11.1 Å². The second-order valence-electron chi connectivity index (χ2n) is 6.26. The Morgan fingerprint density at radius 1 is 1.30 bits per heavy atom. The minimum Gasteiger partial charge on any atom is -0.374 e. The van der Waals surface area contributed by atoms with Crippen LogP contribution in [-0.4, -0.2) is 47.0 Å². The maximum Gasteiger partial charge on any atom is 0.0898 e. The van der Waals surface area contributed by atoms with Crippen molar-refractivity contribution in [2.24, 2.45) is 0 Å². The number of aryl methyl sites for hydroxylation is 2. The van der Waals surface area contributed by atoms with E-state index in [1.54, 1.807) is 0 Å². The Kier molecular flexibility index (Phi) is 5.70. The molecule has 0 spiro atoms. The normalized spacial score (nSPS) is 19.1. The van der Waals surface area contributed by atoms with Crippen molar-refractivity contribution >= 4 is 11.6 Å². The van der Waals surface area contributed by atoms with Gasteiger partial charge in [0.1, 0.15) is 0 Å². The van der Waals surface area contributed by atoms with E-state index < -0.39 is 0 Å². The third kappa shape index (κ3) is 5.06. The molecule has 5 heteroatoms. The molecule has 1 aliphatic rings. The molecule has 2 heterocycles. The predicted molar refractivity (Wildman–Crippen MR) is 92.9 cm³/mol. The first-order valence-corrected chi connectivity index (χ1v) is 8.64. The van der Waals surface area contributed by atoms with Gasteiger partial charge in [-0.3, -0.25) is 9.58 Å². The third-order valence-corrected chi connectivity index (χ3v) is 4.48. The van der Waals surface area contributed by atoms with Crippen LogP contribution in [0.25, 0.3) is 0 Å². The zero-order valence-corrected chi connectivity index (χ0v) is 14.4. The molecule has 23 heavy (non-hydrogen) atoms. The molecule has 1 fully saturated rings. The molecule has 0 saturated carbocycles. The largest absolute Gasteiger partial charge is 0.374 e. The third-order valence-electron chi connectivity index (χ3n) is 4.23. The zero-order chi connectivity index (χ0) is 16.1. The van der Waals surface area contributed by atoms with Crippen LogP contribution in [0.5, 0.6) is 0 Å². The number of hydrogen-bond donors (Lipinski definition) is 0. The van der Waals surface area contributed by atoms with Gasteiger partial charge < -0.3 is 4.74 Å². The molecular weight excluding hydrogens is 310 g/mol. The quantitative estimate of drug-likeness (QED) is 0.813. The number of hydrogen-bond acceptors (Lipinski definition) is 3. The molecule has 1 atom stereocenters.